The first kappa shape index (κ1) is 17.3. The smallest absolute Gasteiger partial charge is 0.0164 e. The van der Waals surface area contributed by atoms with E-state index in [4.69, 9.17) is 0 Å². The molecule has 0 aliphatic carbocycles. The Morgan fingerprint density at radius 2 is 1.55 bits per heavy atom. The van der Waals surface area contributed by atoms with E-state index in [1.165, 1.54) is 12.0 Å². The Morgan fingerprint density at radius 1 is 0.950 bits per heavy atom. The van der Waals surface area contributed by atoms with Gasteiger partial charge in [-0.1, -0.05) is 67.5 Å². The molecule has 20 heavy (non-hydrogen) atoms. The van der Waals surface area contributed by atoms with Crippen LogP contribution in [0.2, 0.25) is 0 Å². The molecule has 0 N–H and O–H groups in total. The van der Waals surface area contributed by atoms with Crippen LogP contribution in [0.3, 0.4) is 0 Å². The zero-order valence-electron chi connectivity index (χ0n) is 14.9. The first-order valence-electron chi connectivity index (χ1n) is 8.34. The molecule has 0 radical (unpaired) electrons. The molecule has 1 unspecified atom stereocenters. The molecule has 1 atom stereocenters. The van der Waals surface area contributed by atoms with Crippen LogP contribution in [-0.2, 0) is 19.3 Å². The quantitative estimate of drug-likeness (QED) is 0.603. The van der Waals surface area contributed by atoms with Gasteiger partial charge in [0.25, 0.3) is 0 Å². The molecule has 1 aromatic carbocycles. The zero-order valence-corrected chi connectivity index (χ0v) is 14.9. The molecule has 0 spiro atoms. The highest BCUT2D eigenvalue weighted by molar-refractivity contribution is 5.42. The van der Waals surface area contributed by atoms with Gasteiger partial charge in [0, 0.05) is 0 Å². The lowest BCUT2D eigenvalue weighted by atomic mass is 9.80. The van der Waals surface area contributed by atoms with Gasteiger partial charge in [0.15, 0.2) is 0 Å². The predicted molar refractivity (Wildman–Crippen MR) is 91.6 cm³/mol. The molecule has 114 valence electrons. The van der Waals surface area contributed by atoms with Crippen LogP contribution < -0.4 is 0 Å². The maximum absolute atomic E-state index is 2.49. The van der Waals surface area contributed by atoms with Gasteiger partial charge < -0.3 is 0 Å². The molecule has 0 fully saturated rings. The largest absolute Gasteiger partial charge is 0.0622 e. The summed E-state index contributed by atoms with van der Waals surface area (Å²) in [6.07, 6.45) is 3.48. The number of aryl methyl sites for hydroxylation is 1. The van der Waals surface area contributed by atoms with Crippen LogP contribution in [-0.4, -0.2) is 0 Å². The molecule has 0 saturated carbocycles. The predicted octanol–water partition coefficient (Wildman–Crippen LogP) is 6.16. The number of benzene rings is 1. The monoisotopic (exact) mass is 274 g/mol. The fraction of sp³-hybridized carbons (Fsp3) is 0.700. The minimum absolute atomic E-state index is 0.358. The minimum Gasteiger partial charge on any atom is -0.0622 e. The third-order valence-electron chi connectivity index (χ3n) is 4.40. The summed E-state index contributed by atoms with van der Waals surface area (Å²) in [6, 6.07) is 4.95. The zero-order chi connectivity index (χ0) is 15.5. The number of hydrogen-bond donors (Lipinski definition) is 0. The Hall–Kier alpha value is -0.780. The van der Waals surface area contributed by atoms with Crippen molar-refractivity contribution >= 4 is 0 Å². The SMILES string of the molecule is CCc1cc(CC(C)(C)C)cc(C(C)C(C)C)c1CC. The molecular weight excluding hydrogens is 240 g/mol. The van der Waals surface area contributed by atoms with Crippen molar-refractivity contribution in [3.63, 3.8) is 0 Å². The highest BCUT2D eigenvalue weighted by Gasteiger charge is 2.19. The first-order valence-corrected chi connectivity index (χ1v) is 8.34. The Kier molecular flexibility index (Phi) is 5.86. The van der Waals surface area contributed by atoms with Gasteiger partial charge in [-0.25, -0.2) is 0 Å². The van der Waals surface area contributed by atoms with E-state index in [0.29, 0.717) is 17.3 Å². The number of rotatable bonds is 5. The van der Waals surface area contributed by atoms with Crippen molar-refractivity contribution < 1.29 is 0 Å². The average Bonchev–Trinajstić information content (AvgIpc) is 2.34. The first-order chi connectivity index (χ1) is 9.19. The van der Waals surface area contributed by atoms with Crippen molar-refractivity contribution in [1.29, 1.82) is 0 Å². The van der Waals surface area contributed by atoms with Crippen molar-refractivity contribution in [2.45, 2.75) is 80.6 Å². The van der Waals surface area contributed by atoms with Crippen LogP contribution in [0.25, 0.3) is 0 Å². The molecule has 0 nitrogen and oxygen atoms in total. The van der Waals surface area contributed by atoms with Gasteiger partial charge in [0.2, 0.25) is 0 Å². The van der Waals surface area contributed by atoms with Crippen LogP contribution in [0.4, 0.5) is 0 Å². The second-order valence-corrected chi connectivity index (χ2v) is 7.80. The molecule has 0 bridgehead atoms. The average molecular weight is 274 g/mol. The summed E-state index contributed by atoms with van der Waals surface area (Å²) in [7, 11) is 0. The minimum atomic E-state index is 0.358. The van der Waals surface area contributed by atoms with Crippen LogP contribution in [0, 0.1) is 11.3 Å². The van der Waals surface area contributed by atoms with Crippen LogP contribution >= 0.6 is 0 Å². The molecule has 0 heteroatoms. The van der Waals surface area contributed by atoms with Crippen molar-refractivity contribution in [2.75, 3.05) is 0 Å². The summed E-state index contributed by atoms with van der Waals surface area (Å²) in [5, 5.41) is 0. The molecular formula is C20H34. The summed E-state index contributed by atoms with van der Waals surface area (Å²) >= 11 is 0. The van der Waals surface area contributed by atoms with Crippen molar-refractivity contribution in [1.82, 2.24) is 0 Å². The topological polar surface area (TPSA) is 0 Å². The summed E-state index contributed by atoms with van der Waals surface area (Å²) in [4.78, 5) is 0. The Morgan fingerprint density at radius 3 is 1.95 bits per heavy atom. The maximum Gasteiger partial charge on any atom is -0.0164 e. The molecule has 0 aromatic heterocycles. The van der Waals surface area contributed by atoms with Crippen LogP contribution in [0.5, 0.6) is 0 Å². The highest BCUT2D eigenvalue weighted by atomic mass is 14.2. The summed E-state index contributed by atoms with van der Waals surface area (Å²) < 4.78 is 0. The van der Waals surface area contributed by atoms with Crippen LogP contribution in [0.1, 0.15) is 83.6 Å². The summed E-state index contributed by atoms with van der Waals surface area (Å²) in [6.45, 7) is 18.7. The number of hydrogen-bond acceptors (Lipinski definition) is 0. The van der Waals surface area contributed by atoms with E-state index in [9.17, 15) is 0 Å². The van der Waals surface area contributed by atoms with Crippen molar-refractivity contribution in [3.8, 4) is 0 Å². The normalized spacial score (nSPS) is 13.8. The Balaban J connectivity index is 3.34. The second kappa shape index (κ2) is 6.78. The van der Waals surface area contributed by atoms with E-state index in [1.807, 2.05) is 0 Å². The maximum atomic E-state index is 2.49. The third kappa shape index (κ3) is 4.36. The molecule has 0 aliphatic rings. The Bertz CT molecular complexity index is 432. The Labute approximate surface area is 127 Å². The van der Waals surface area contributed by atoms with Gasteiger partial charge in [-0.2, -0.15) is 0 Å². The molecule has 0 heterocycles. The second-order valence-electron chi connectivity index (χ2n) is 7.80. The molecule has 0 aliphatic heterocycles. The molecule has 1 aromatic rings. The van der Waals surface area contributed by atoms with Gasteiger partial charge >= 0.3 is 0 Å². The van der Waals surface area contributed by atoms with Gasteiger partial charge in [0.05, 0.1) is 0 Å². The molecule has 0 saturated heterocycles. The van der Waals surface area contributed by atoms with E-state index in [0.717, 1.165) is 12.8 Å². The van der Waals surface area contributed by atoms with E-state index in [-0.39, 0.29) is 0 Å². The lowest BCUT2D eigenvalue weighted by Crippen LogP contribution is -2.13. The van der Waals surface area contributed by atoms with Crippen molar-refractivity contribution in [3.05, 3.63) is 34.4 Å². The van der Waals surface area contributed by atoms with E-state index < -0.39 is 0 Å². The molecule has 1 rings (SSSR count). The van der Waals surface area contributed by atoms with E-state index >= 15 is 0 Å². The van der Waals surface area contributed by atoms with Gasteiger partial charge in [0.1, 0.15) is 0 Å². The fourth-order valence-electron chi connectivity index (χ4n) is 3.05. The van der Waals surface area contributed by atoms with Crippen LogP contribution in [0.15, 0.2) is 12.1 Å². The van der Waals surface area contributed by atoms with Crippen molar-refractivity contribution in [2.24, 2.45) is 11.3 Å². The van der Waals surface area contributed by atoms with E-state index in [1.54, 1.807) is 16.7 Å². The lowest BCUT2D eigenvalue weighted by molar-refractivity contribution is 0.410. The van der Waals surface area contributed by atoms with Gasteiger partial charge in [-0.3, -0.25) is 0 Å². The summed E-state index contributed by atoms with van der Waals surface area (Å²) in [5.41, 5.74) is 6.65. The van der Waals surface area contributed by atoms with Gasteiger partial charge in [-0.15, -0.1) is 0 Å². The summed E-state index contributed by atoms with van der Waals surface area (Å²) in [5.74, 6) is 1.35. The standard InChI is InChI=1S/C20H34/c1-9-17-11-16(13-20(6,7)8)12-19(18(17)10-2)15(5)14(3)4/h11-12,14-15H,9-10,13H2,1-8H3. The fourth-order valence-corrected chi connectivity index (χ4v) is 3.05. The highest BCUT2D eigenvalue weighted by Crippen LogP contribution is 2.32. The lowest BCUT2D eigenvalue weighted by Gasteiger charge is -2.25. The third-order valence-corrected chi connectivity index (χ3v) is 4.40. The molecule has 0 amide bonds. The van der Waals surface area contributed by atoms with Gasteiger partial charge in [-0.05, 0) is 58.8 Å². The van der Waals surface area contributed by atoms with E-state index in [2.05, 4.69) is 67.5 Å².